The number of hydrogen-bond donors (Lipinski definition) is 0. The number of aryl methyl sites for hydroxylation is 1. The van der Waals surface area contributed by atoms with Crippen molar-refractivity contribution in [3.05, 3.63) is 54.1 Å². The maximum absolute atomic E-state index is 11.9. The molecule has 3 heteroatoms. The van der Waals surface area contributed by atoms with E-state index in [0.717, 1.165) is 16.4 Å². The van der Waals surface area contributed by atoms with Crippen LogP contribution in [-0.2, 0) is 9.09 Å². The van der Waals surface area contributed by atoms with E-state index in [1.165, 1.54) is 12.7 Å². The molecule has 1 unspecified atom stereocenters. The van der Waals surface area contributed by atoms with Crippen LogP contribution in [0.25, 0.3) is 11.1 Å². The molecular weight excluding hydrogens is 231 g/mol. The van der Waals surface area contributed by atoms with E-state index in [1.807, 2.05) is 42.5 Å². The predicted molar refractivity (Wildman–Crippen MR) is 72.3 cm³/mol. The van der Waals surface area contributed by atoms with Gasteiger partial charge in [0.05, 0.1) is 0 Å². The van der Waals surface area contributed by atoms with Gasteiger partial charge >= 0.3 is 0 Å². The van der Waals surface area contributed by atoms with E-state index >= 15 is 0 Å². The van der Waals surface area contributed by atoms with E-state index in [4.69, 9.17) is 4.52 Å². The molecule has 0 saturated heterocycles. The number of rotatable bonds is 3. The molecule has 0 N–H and O–H groups in total. The number of hydrogen-bond acceptors (Lipinski definition) is 2. The molecule has 0 bridgehead atoms. The lowest BCUT2D eigenvalue weighted by atomic mass is 10.0. The van der Waals surface area contributed by atoms with E-state index in [1.54, 1.807) is 0 Å². The summed E-state index contributed by atoms with van der Waals surface area (Å²) in [5.41, 5.74) is 3.28. The van der Waals surface area contributed by atoms with Crippen LogP contribution >= 0.6 is 8.03 Å². The Morgan fingerprint density at radius 2 is 1.53 bits per heavy atom. The van der Waals surface area contributed by atoms with Gasteiger partial charge < -0.3 is 4.52 Å². The summed E-state index contributed by atoms with van der Waals surface area (Å²) in [6, 6.07) is 15.8. The maximum atomic E-state index is 11.9. The third kappa shape index (κ3) is 2.49. The van der Waals surface area contributed by atoms with Crippen molar-refractivity contribution in [1.29, 1.82) is 0 Å². The van der Waals surface area contributed by atoms with Crippen molar-refractivity contribution in [2.45, 2.75) is 6.92 Å². The normalized spacial score (nSPS) is 12.4. The van der Waals surface area contributed by atoms with Crippen LogP contribution in [0.15, 0.2) is 48.5 Å². The smallest absolute Gasteiger partial charge is 0.221 e. The maximum Gasteiger partial charge on any atom is 0.221 e. The summed E-state index contributed by atoms with van der Waals surface area (Å²) in [5, 5.41) is 0.786. The molecule has 0 saturated carbocycles. The lowest BCUT2D eigenvalue weighted by Crippen LogP contribution is -2.02. The van der Waals surface area contributed by atoms with Crippen LogP contribution in [0.5, 0.6) is 0 Å². The molecular formula is C14H15O2P. The van der Waals surface area contributed by atoms with Gasteiger partial charge in [0, 0.05) is 12.4 Å². The van der Waals surface area contributed by atoms with Gasteiger partial charge in [-0.1, -0.05) is 42.5 Å². The standard InChI is InChI=1S/C14H15O2P/c1-11-7-3-4-8-12(11)13-9-5-6-10-14(13)17(15)16-2/h3-10,17H,1-2H3. The first-order valence-corrected chi connectivity index (χ1v) is 6.79. The van der Waals surface area contributed by atoms with Gasteiger partial charge in [-0.3, -0.25) is 4.57 Å². The first-order valence-electron chi connectivity index (χ1n) is 5.47. The van der Waals surface area contributed by atoms with Crippen LogP contribution < -0.4 is 5.30 Å². The zero-order valence-electron chi connectivity index (χ0n) is 9.94. The van der Waals surface area contributed by atoms with Gasteiger partial charge in [0.25, 0.3) is 0 Å². The molecule has 0 amide bonds. The van der Waals surface area contributed by atoms with Crippen molar-refractivity contribution < 1.29 is 9.09 Å². The molecule has 0 fully saturated rings. The van der Waals surface area contributed by atoms with E-state index in [9.17, 15) is 4.57 Å². The molecule has 88 valence electrons. The van der Waals surface area contributed by atoms with Gasteiger partial charge in [0.15, 0.2) is 0 Å². The van der Waals surface area contributed by atoms with Crippen molar-refractivity contribution in [2.75, 3.05) is 7.11 Å². The minimum atomic E-state index is -2.15. The zero-order chi connectivity index (χ0) is 12.3. The molecule has 2 nitrogen and oxygen atoms in total. The molecule has 0 aromatic heterocycles. The van der Waals surface area contributed by atoms with E-state index in [2.05, 4.69) is 13.0 Å². The summed E-state index contributed by atoms with van der Waals surface area (Å²) in [7, 11) is -0.668. The fourth-order valence-corrected chi connectivity index (χ4v) is 2.77. The molecule has 0 aliphatic heterocycles. The Labute approximate surface area is 102 Å². The highest BCUT2D eigenvalue weighted by molar-refractivity contribution is 7.48. The highest BCUT2D eigenvalue weighted by atomic mass is 31.1. The Bertz CT molecular complexity index is 549. The minimum absolute atomic E-state index is 0.786. The second-order valence-corrected chi connectivity index (χ2v) is 5.37. The second kappa shape index (κ2) is 5.31. The van der Waals surface area contributed by atoms with Gasteiger partial charge in [0.1, 0.15) is 0 Å². The highest BCUT2D eigenvalue weighted by Gasteiger charge is 2.11. The van der Waals surface area contributed by atoms with Gasteiger partial charge in [-0.25, -0.2) is 0 Å². The summed E-state index contributed by atoms with van der Waals surface area (Å²) >= 11 is 0. The molecule has 0 spiro atoms. The third-order valence-electron chi connectivity index (χ3n) is 2.77. The van der Waals surface area contributed by atoms with E-state index < -0.39 is 8.03 Å². The van der Waals surface area contributed by atoms with Gasteiger partial charge in [-0.05, 0) is 29.7 Å². The van der Waals surface area contributed by atoms with Crippen LogP contribution in [0, 0.1) is 6.92 Å². The highest BCUT2D eigenvalue weighted by Crippen LogP contribution is 2.29. The van der Waals surface area contributed by atoms with Crippen LogP contribution in [-0.4, -0.2) is 7.11 Å². The van der Waals surface area contributed by atoms with E-state index in [0.29, 0.717) is 0 Å². The first-order chi connectivity index (χ1) is 8.24. The van der Waals surface area contributed by atoms with E-state index in [-0.39, 0.29) is 0 Å². The quantitative estimate of drug-likeness (QED) is 0.776. The van der Waals surface area contributed by atoms with Gasteiger partial charge in [0.2, 0.25) is 8.03 Å². The Morgan fingerprint density at radius 3 is 2.18 bits per heavy atom. The molecule has 17 heavy (non-hydrogen) atoms. The largest absolute Gasteiger partial charge is 0.331 e. The Kier molecular flexibility index (Phi) is 3.78. The fourth-order valence-electron chi connectivity index (χ4n) is 1.88. The molecule has 2 rings (SSSR count). The van der Waals surface area contributed by atoms with Crippen molar-refractivity contribution in [3.63, 3.8) is 0 Å². The van der Waals surface area contributed by atoms with Gasteiger partial charge in [-0.2, -0.15) is 0 Å². The summed E-state index contributed by atoms with van der Waals surface area (Å²) in [4.78, 5) is 0. The summed E-state index contributed by atoms with van der Waals surface area (Å²) in [6.45, 7) is 2.05. The zero-order valence-corrected chi connectivity index (χ0v) is 10.9. The average molecular weight is 246 g/mol. The lowest BCUT2D eigenvalue weighted by molar-refractivity contribution is 0.423. The SMILES string of the molecule is CO[PH](=O)c1ccccc1-c1ccccc1C. The number of benzene rings is 2. The average Bonchev–Trinajstić information content (AvgIpc) is 2.38. The van der Waals surface area contributed by atoms with Crippen LogP contribution in [0.2, 0.25) is 0 Å². The van der Waals surface area contributed by atoms with Gasteiger partial charge in [-0.15, -0.1) is 0 Å². The molecule has 2 aromatic rings. The van der Waals surface area contributed by atoms with Crippen molar-refractivity contribution in [1.82, 2.24) is 0 Å². The van der Waals surface area contributed by atoms with Crippen LogP contribution in [0.3, 0.4) is 0 Å². The second-order valence-electron chi connectivity index (χ2n) is 3.85. The summed E-state index contributed by atoms with van der Waals surface area (Å²) in [6.07, 6.45) is 0. The minimum Gasteiger partial charge on any atom is -0.331 e. The third-order valence-corrected chi connectivity index (χ3v) is 4.01. The predicted octanol–water partition coefficient (Wildman–Crippen LogP) is 3.41. The van der Waals surface area contributed by atoms with Crippen LogP contribution in [0.4, 0.5) is 0 Å². The van der Waals surface area contributed by atoms with Crippen molar-refractivity contribution in [2.24, 2.45) is 0 Å². The molecule has 2 aromatic carbocycles. The molecule has 1 atom stereocenters. The fraction of sp³-hybridized carbons (Fsp3) is 0.143. The topological polar surface area (TPSA) is 26.3 Å². The summed E-state index contributed by atoms with van der Waals surface area (Å²) < 4.78 is 16.9. The lowest BCUT2D eigenvalue weighted by Gasteiger charge is -2.10. The molecule has 0 heterocycles. The van der Waals surface area contributed by atoms with Crippen molar-refractivity contribution in [3.8, 4) is 11.1 Å². The summed E-state index contributed by atoms with van der Waals surface area (Å²) in [5.74, 6) is 0. The Morgan fingerprint density at radius 1 is 0.941 bits per heavy atom. The molecule has 0 aliphatic carbocycles. The Balaban J connectivity index is 2.60. The Hall–Kier alpha value is -1.37. The van der Waals surface area contributed by atoms with Crippen molar-refractivity contribution >= 4 is 13.3 Å². The van der Waals surface area contributed by atoms with Crippen LogP contribution in [0.1, 0.15) is 5.56 Å². The first kappa shape index (κ1) is 12.1. The molecule has 0 radical (unpaired) electrons. The molecule has 0 aliphatic rings. The monoisotopic (exact) mass is 246 g/mol.